The summed E-state index contributed by atoms with van der Waals surface area (Å²) < 4.78 is 1.39. The summed E-state index contributed by atoms with van der Waals surface area (Å²) in [6.07, 6.45) is 1.46. The summed E-state index contributed by atoms with van der Waals surface area (Å²) in [5.74, 6) is -0.163. The van der Waals surface area contributed by atoms with E-state index in [-0.39, 0.29) is 18.0 Å². The summed E-state index contributed by atoms with van der Waals surface area (Å²) >= 11 is 7.41. The smallest absolute Gasteiger partial charge is 0.262 e. The van der Waals surface area contributed by atoms with Crippen molar-refractivity contribution >= 4 is 39.1 Å². The molecular weight excluding hydrogens is 418 g/mol. The van der Waals surface area contributed by atoms with Crippen LogP contribution in [-0.2, 0) is 17.9 Å². The maximum absolute atomic E-state index is 13.1. The van der Waals surface area contributed by atoms with Crippen LogP contribution in [0.3, 0.4) is 0 Å². The topological polar surface area (TPSA) is 55.2 Å². The summed E-state index contributed by atoms with van der Waals surface area (Å²) in [6, 6.07) is 17.3. The van der Waals surface area contributed by atoms with Crippen molar-refractivity contribution < 1.29 is 4.79 Å². The third-order valence-electron chi connectivity index (χ3n) is 5.02. The van der Waals surface area contributed by atoms with Gasteiger partial charge in [0.1, 0.15) is 11.4 Å². The minimum Gasteiger partial charge on any atom is -0.340 e. The third kappa shape index (κ3) is 4.01. The molecule has 0 spiro atoms. The molecule has 0 fully saturated rings. The highest BCUT2D eigenvalue weighted by Gasteiger charge is 2.18. The second kappa shape index (κ2) is 8.42. The Morgan fingerprint density at radius 1 is 1.13 bits per heavy atom. The van der Waals surface area contributed by atoms with Crippen LogP contribution in [-0.4, -0.2) is 27.4 Å². The van der Waals surface area contributed by atoms with Gasteiger partial charge in [0.05, 0.1) is 11.7 Å². The van der Waals surface area contributed by atoms with E-state index in [1.165, 1.54) is 22.2 Å². The Kier molecular flexibility index (Phi) is 5.70. The predicted octanol–water partition coefficient (Wildman–Crippen LogP) is 4.75. The third-order valence-corrected chi connectivity index (χ3v) is 6.52. The molecule has 2 aromatic heterocycles. The lowest BCUT2D eigenvalue weighted by Gasteiger charge is -2.18. The van der Waals surface area contributed by atoms with Crippen LogP contribution in [0, 0.1) is 6.92 Å². The van der Waals surface area contributed by atoms with Crippen LogP contribution < -0.4 is 5.56 Å². The zero-order valence-electron chi connectivity index (χ0n) is 16.6. The van der Waals surface area contributed by atoms with Gasteiger partial charge in [0.15, 0.2) is 0 Å². The van der Waals surface area contributed by atoms with Gasteiger partial charge < -0.3 is 4.90 Å². The van der Waals surface area contributed by atoms with Gasteiger partial charge in [-0.15, -0.1) is 11.3 Å². The molecule has 2 aromatic carbocycles. The van der Waals surface area contributed by atoms with E-state index in [4.69, 9.17) is 11.6 Å². The Bertz CT molecular complexity index is 1260. The first-order chi connectivity index (χ1) is 14.4. The molecule has 0 aliphatic heterocycles. The fourth-order valence-corrected chi connectivity index (χ4v) is 4.63. The molecule has 0 saturated heterocycles. The SMILES string of the molecule is Cc1c(-c2ccccc2)sc2ncn(CC(=O)N(C)Cc3ccc(Cl)cc3)c(=O)c12. The zero-order chi connectivity index (χ0) is 21.3. The van der Waals surface area contributed by atoms with Gasteiger partial charge in [0.25, 0.3) is 5.56 Å². The van der Waals surface area contributed by atoms with Crippen molar-refractivity contribution in [1.82, 2.24) is 14.5 Å². The lowest BCUT2D eigenvalue weighted by atomic mass is 10.1. The summed E-state index contributed by atoms with van der Waals surface area (Å²) in [5.41, 5.74) is 2.74. The van der Waals surface area contributed by atoms with E-state index < -0.39 is 0 Å². The van der Waals surface area contributed by atoms with E-state index in [1.807, 2.05) is 49.4 Å². The van der Waals surface area contributed by atoms with Gasteiger partial charge in [-0.3, -0.25) is 14.2 Å². The number of benzene rings is 2. The molecule has 7 heteroatoms. The molecule has 0 saturated carbocycles. The molecule has 0 radical (unpaired) electrons. The molecule has 1 amide bonds. The molecule has 0 aliphatic rings. The quantitative estimate of drug-likeness (QED) is 0.453. The van der Waals surface area contributed by atoms with Crippen LogP contribution in [0.5, 0.6) is 0 Å². The predicted molar refractivity (Wildman–Crippen MR) is 122 cm³/mol. The largest absolute Gasteiger partial charge is 0.340 e. The molecule has 0 aliphatic carbocycles. The number of fused-ring (bicyclic) bond motifs is 1. The summed E-state index contributed by atoms with van der Waals surface area (Å²) in [7, 11) is 1.72. The van der Waals surface area contributed by atoms with Gasteiger partial charge in [0.2, 0.25) is 5.91 Å². The summed E-state index contributed by atoms with van der Waals surface area (Å²) in [4.78, 5) is 33.6. The van der Waals surface area contributed by atoms with Crippen molar-refractivity contribution in [3.63, 3.8) is 0 Å². The van der Waals surface area contributed by atoms with Crippen molar-refractivity contribution in [2.24, 2.45) is 0 Å². The van der Waals surface area contributed by atoms with Crippen LogP contribution in [0.2, 0.25) is 5.02 Å². The number of hydrogen-bond acceptors (Lipinski definition) is 4. The number of amides is 1. The van der Waals surface area contributed by atoms with Gasteiger partial charge >= 0.3 is 0 Å². The van der Waals surface area contributed by atoms with Gasteiger partial charge in [-0.2, -0.15) is 0 Å². The number of nitrogens with zero attached hydrogens (tertiary/aromatic N) is 3. The monoisotopic (exact) mass is 437 g/mol. The Balaban J connectivity index is 1.59. The molecule has 4 rings (SSSR count). The van der Waals surface area contributed by atoms with Crippen LogP contribution in [0.25, 0.3) is 20.7 Å². The van der Waals surface area contributed by atoms with E-state index in [1.54, 1.807) is 24.1 Å². The highest BCUT2D eigenvalue weighted by atomic mass is 35.5. The second-order valence-electron chi connectivity index (χ2n) is 7.16. The molecule has 0 bridgehead atoms. The maximum Gasteiger partial charge on any atom is 0.262 e. The number of rotatable bonds is 5. The number of halogens is 1. The van der Waals surface area contributed by atoms with Crippen molar-refractivity contribution in [2.45, 2.75) is 20.0 Å². The molecule has 5 nitrogen and oxygen atoms in total. The van der Waals surface area contributed by atoms with Crippen LogP contribution in [0.4, 0.5) is 0 Å². The normalized spacial score (nSPS) is 11.0. The minimum absolute atomic E-state index is 0.0537. The van der Waals surface area contributed by atoms with Crippen LogP contribution >= 0.6 is 22.9 Å². The van der Waals surface area contributed by atoms with Crippen molar-refractivity contribution in [2.75, 3.05) is 7.05 Å². The second-order valence-corrected chi connectivity index (χ2v) is 8.59. The first-order valence-electron chi connectivity index (χ1n) is 9.46. The number of thiophene rings is 1. The van der Waals surface area contributed by atoms with E-state index in [9.17, 15) is 9.59 Å². The Morgan fingerprint density at radius 3 is 2.53 bits per heavy atom. The van der Waals surface area contributed by atoms with Gasteiger partial charge in [-0.25, -0.2) is 4.98 Å². The van der Waals surface area contributed by atoms with Crippen LogP contribution in [0.15, 0.2) is 65.7 Å². The maximum atomic E-state index is 13.1. The van der Waals surface area contributed by atoms with Crippen molar-refractivity contribution in [3.05, 3.63) is 87.4 Å². The highest BCUT2D eigenvalue weighted by Crippen LogP contribution is 2.35. The number of carbonyl (C=O) groups is 1. The number of aromatic nitrogens is 2. The molecule has 152 valence electrons. The van der Waals surface area contributed by atoms with E-state index in [2.05, 4.69) is 4.98 Å². The van der Waals surface area contributed by atoms with E-state index >= 15 is 0 Å². The van der Waals surface area contributed by atoms with Crippen molar-refractivity contribution in [1.29, 1.82) is 0 Å². The fraction of sp³-hybridized carbons (Fsp3) is 0.174. The first-order valence-corrected chi connectivity index (χ1v) is 10.7. The molecule has 0 unspecified atom stereocenters. The highest BCUT2D eigenvalue weighted by molar-refractivity contribution is 7.22. The number of hydrogen-bond donors (Lipinski definition) is 0. The lowest BCUT2D eigenvalue weighted by molar-refractivity contribution is -0.131. The van der Waals surface area contributed by atoms with Gasteiger partial charge in [-0.05, 0) is 35.7 Å². The lowest BCUT2D eigenvalue weighted by Crippen LogP contribution is -2.33. The van der Waals surface area contributed by atoms with Gasteiger partial charge in [0, 0.05) is 23.5 Å². The molecule has 0 N–H and O–H groups in total. The van der Waals surface area contributed by atoms with E-state index in [0.29, 0.717) is 21.8 Å². The standard InChI is InChI=1S/C23H20ClN3O2S/c1-15-20-22(30-21(15)17-6-4-3-5-7-17)25-14-27(23(20)29)13-19(28)26(2)12-16-8-10-18(24)11-9-16/h3-11,14H,12-13H2,1-2H3. The average molecular weight is 438 g/mol. The average Bonchev–Trinajstić information content (AvgIpc) is 3.09. The first kappa shape index (κ1) is 20.3. The zero-order valence-corrected chi connectivity index (χ0v) is 18.2. The Morgan fingerprint density at radius 2 is 1.83 bits per heavy atom. The molecule has 0 atom stereocenters. The number of likely N-dealkylation sites (N-methyl/N-ethyl adjacent to an activating group) is 1. The number of carbonyl (C=O) groups excluding carboxylic acids is 1. The van der Waals surface area contributed by atoms with Crippen LogP contribution in [0.1, 0.15) is 11.1 Å². The van der Waals surface area contributed by atoms with Gasteiger partial charge in [-0.1, -0.05) is 54.1 Å². The molecule has 2 heterocycles. The summed E-state index contributed by atoms with van der Waals surface area (Å²) in [6.45, 7) is 2.32. The summed E-state index contributed by atoms with van der Waals surface area (Å²) in [5, 5.41) is 1.23. The van der Waals surface area contributed by atoms with E-state index in [0.717, 1.165) is 21.6 Å². The number of aryl methyl sites for hydroxylation is 1. The molecular formula is C23H20ClN3O2S. The molecule has 4 aromatic rings. The minimum atomic E-state index is -0.191. The fourth-order valence-electron chi connectivity index (χ4n) is 3.36. The Hall–Kier alpha value is -2.96. The van der Waals surface area contributed by atoms with Crippen molar-refractivity contribution in [3.8, 4) is 10.4 Å². The Labute approximate surface area is 183 Å². The molecule has 30 heavy (non-hydrogen) atoms.